The van der Waals surface area contributed by atoms with Gasteiger partial charge in [-0.3, -0.25) is 4.79 Å². The average molecular weight is 265 g/mol. The summed E-state index contributed by atoms with van der Waals surface area (Å²) in [6, 6.07) is -0.670. The van der Waals surface area contributed by atoms with Crippen LogP contribution in [-0.4, -0.2) is 43.1 Å². The van der Waals surface area contributed by atoms with Crippen LogP contribution in [0, 0.1) is 0 Å². The van der Waals surface area contributed by atoms with Crippen LogP contribution in [0.2, 0.25) is 0 Å². The monoisotopic (exact) mass is 265 g/mol. The number of rotatable bonds is 8. The maximum Gasteiger partial charge on any atom is 0.320 e. The quantitative estimate of drug-likeness (QED) is 0.685. The van der Waals surface area contributed by atoms with Crippen LogP contribution in [0.4, 0.5) is 0 Å². The Morgan fingerprint density at radius 1 is 1.41 bits per heavy atom. The van der Waals surface area contributed by atoms with Gasteiger partial charge in [-0.1, -0.05) is 19.8 Å². The predicted octanol–water partition coefficient (Wildman–Crippen LogP) is 1.04. The van der Waals surface area contributed by atoms with Gasteiger partial charge in [-0.2, -0.15) is 0 Å². The van der Waals surface area contributed by atoms with Crippen molar-refractivity contribution in [3.05, 3.63) is 0 Å². The molecule has 0 aromatic rings. The molecular weight excluding hydrogens is 242 g/mol. The standard InChI is InChI=1S/C11H23NO4S/c1-5-6-7-9(10(13)14)12-8-11(2,3)17(4,15)16/h9,12H,5-8H2,1-4H3,(H,13,14). The molecule has 0 aromatic carbocycles. The minimum atomic E-state index is -3.20. The number of carboxylic acid groups (broad SMARTS) is 1. The number of nitrogens with one attached hydrogen (secondary N) is 1. The molecule has 17 heavy (non-hydrogen) atoms. The summed E-state index contributed by atoms with van der Waals surface area (Å²) in [5.41, 5.74) is 0. The third-order valence-electron chi connectivity index (χ3n) is 2.92. The van der Waals surface area contributed by atoms with E-state index in [-0.39, 0.29) is 6.54 Å². The fourth-order valence-corrected chi connectivity index (χ4v) is 1.57. The molecule has 1 unspecified atom stereocenters. The van der Waals surface area contributed by atoms with Crippen LogP contribution < -0.4 is 5.32 Å². The molecule has 102 valence electrons. The zero-order valence-electron chi connectivity index (χ0n) is 11.0. The molecule has 0 saturated carbocycles. The summed E-state index contributed by atoms with van der Waals surface area (Å²) in [7, 11) is -3.20. The number of carboxylic acids is 1. The second-order valence-corrected chi connectivity index (χ2v) is 7.60. The van der Waals surface area contributed by atoms with Gasteiger partial charge in [0, 0.05) is 12.8 Å². The highest BCUT2D eigenvalue weighted by atomic mass is 32.2. The Balaban J connectivity index is 4.45. The Kier molecular flexibility index (Phi) is 6.12. The van der Waals surface area contributed by atoms with Crippen molar-refractivity contribution in [2.75, 3.05) is 12.8 Å². The summed E-state index contributed by atoms with van der Waals surface area (Å²) in [6.07, 6.45) is 3.41. The zero-order valence-corrected chi connectivity index (χ0v) is 11.8. The molecule has 0 aliphatic heterocycles. The van der Waals surface area contributed by atoms with Crippen LogP contribution in [0.1, 0.15) is 40.0 Å². The second kappa shape index (κ2) is 6.35. The van der Waals surface area contributed by atoms with Crippen molar-refractivity contribution in [1.82, 2.24) is 5.32 Å². The summed E-state index contributed by atoms with van der Waals surface area (Å²) >= 11 is 0. The van der Waals surface area contributed by atoms with Crippen LogP contribution in [0.25, 0.3) is 0 Å². The van der Waals surface area contributed by atoms with Crippen molar-refractivity contribution < 1.29 is 18.3 Å². The normalized spacial score (nSPS) is 14.6. The van der Waals surface area contributed by atoms with E-state index >= 15 is 0 Å². The van der Waals surface area contributed by atoms with E-state index in [1.165, 1.54) is 0 Å². The lowest BCUT2D eigenvalue weighted by atomic mass is 10.1. The number of hydrogen-bond donors (Lipinski definition) is 2. The van der Waals surface area contributed by atoms with E-state index < -0.39 is 26.6 Å². The van der Waals surface area contributed by atoms with Gasteiger partial charge >= 0.3 is 5.97 Å². The molecule has 0 bridgehead atoms. The van der Waals surface area contributed by atoms with Crippen molar-refractivity contribution in [1.29, 1.82) is 0 Å². The predicted molar refractivity (Wildman–Crippen MR) is 67.9 cm³/mol. The van der Waals surface area contributed by atoms with Crippen molar-refractivity contribution in [2.45, 2.75) is 50.8 Å². The first-order valence-electron chi connectivity index (χ1n) is 5.77. The molecule has 6 heteroatoms. The molecule has 0 aromatic heterocycles. The number of hydrogen-bond acceptors (Lipinski definition) is 4. The molecule has 2 N–H and O–H groups in total. The largest absolute Gasteiger partial charge is 0.480 e. The van der Waals surface area contributed by atoms with Gasteiger partial charge < -0.3 is 10.4 Å². The molecule has 1 atom stereocenters. The number of sulfone groups is 1. The lowest BCUT2D eigenvalue weighted by Crippen LogP contribution is -2.47. The lowest BCUT2D eigenvalue weighted by molar-refractivity contribution is -0.139. The second-order valence-electron chi connectivity index (χ2n) is 4.95. The Morgan fingerprint density at radius 3 is 2.29 bits per heavy atom. The smallest absolute Gasteiger partial charge is 0.320 e. The van der Waals surface area contributed by atoms with E-state index in [1.54, 1.807) is 13.8 Å². The molecule has 0 spiro atoms. The molecule has 0 aliphatic rings. The van der Waals surface area contributed by atoms with Crippen molar-refractivity contribution in [2.24, 2.45) is 0 Å². The Bertz CT molecular complexity index is 348. The van der Waals surface area contributed by atoms with Crippen molar-refractivity contribution in [3.63, 3.8) is 0 Å². The molecule has 0 fully saturated rings. The fraction of sp³-hybridized carbons (Fsp3) is 0.909. The number of carbonyl (C=O) groups is 1. The summed E-state index contributed by atoms with van der Waals surface area (Å²) in [4.78, 5) is 11.0. The molecular formula is C11H23NO4S. The minimum Gasteiger partial charge on any atom is -0.480 e. The van der Waals surface area contributed by atoms with Gasteiger partial charge in [-0.05, 0) is 20.3 Å². The third kappa shape index (κ3) is 5.50. The topological polar surface area (TPSA) is 83.5 Å². The summed E-state index contributed by atoms with van der Waals surface area (Å²) in [5.74, 6) is -0.928. The highest BCUT2D eigenvalue weighted by Crippen LogP contribution is 2.14. The maximum atomic E-state index is 11.5. The zero-order chi connectivity index (χ0) is 13.7. The molecule has 5 nitrogen and oxygen atoms in total. The fourth-order valence-electron chi connectivity index (χ4n) is 1.22. The van der Waals surface area contributed by atoms with Gasteiger partial charge in [0.1, 0.15) is 6.04 Å². The van der Waals surface area contributed by atoms with Gasteiger partial charge in [0.2, 0.25) is 0 Å². The van der Waals surface area contributed by atoms with Gasteiger partial charge in [-0.15, -0.1) is 0 Å². The first kappa shape index (κ1) is 16.4. The van der Waals surface area contributed by atoms with E-state index in [0.717, 1.165) is 19.1 Å². The first-order chi connectivity index (χ1) is 7.62. The van der Waals surface area contributed by atoms with Crippen LogP contribution in [0.3, 0.4) is 0 Å². The van der Waals surface area contributed by atoms with Gasteiger partial charge in [-0.25, -0.2) is 8.42 Å². The molecule has 0 heterocycles. The summed E-state index contributed by atoms with van der Waals surface area (Å²) in [6.45, 7) is 5.31. The van der Waals surface area contributed by atoms with Gasteiger partial charge in [0.15, 0.2) is 9.84 Å². The Hall–Kier alpha value is -0.620. The minimum absolute atomic E-state index is 0.145. The Morgan fingerprint density at radius 2 is 1.94 bits per heavy atom. The number of unbranched alkanes of at least 4 members (excludes halogenated alkanes) is 1. The van der Waals surface area contributed by atoms with E-state index in [0.29, 0.717) is 6.42 Å². The van der Waals surface area contributed by atoms with E-state index in [2.05, 4.69) is 5.32 Å². The third-order valence-corrected chi connectivity index (χ3v) is 5.07. The average Bonchev–Trinajstić information content (AvgIpc) is 2.15. The van der Waals surface area contributed by atoms with Crippen LogP contribution in [0.5, 0.6) is 0 Å². The highest BCUT2D eigenvalue weighted by Gasteiger charge is 2.31. The maximum absolute atomic E-state index is 11.5. The number of aliphatic carboxylic acids is 1. The van der Waals surface area contributed by atoms with E-state index in [4.69, 9.17) is 5.11 Å². The van der Waals surface area contributed by atoms with Crippen molar-refractivity contribution >= 4 is 15.8 Å². The first-order valence-corrected chi connectivity index (χ1v) is 7.66. The van der Waals surface area contributed by atoms with E-state index in [9.17, 15) is 13.2 Å². The van der Waals surface area contributed by atoms with Crippen LogP contribution in [0.15, 0.2) is 0 Å². The SMILES string of the molecule is CCCCC(NCC(C)(C)S(C)(=O)=O)C(=O)O. The summed E-state index contributed by atoms with van der Waals surface area (Å²) < 4.78 is 22.0. The summed E-state index contributed by atoms with van der Waals surface area (Å²) in [5, 5.41) is 11.8. The molecule has 0 saturated heterocycles. The van der Waals surface area contributed by atoms with Gasteiger partial charge in [0.05, 0.1) is 4.75 Å². The van der Waals surface area contributed by atoms with E-state index in [1.807, 2.05) is 6.92 Å². The highest BCUT2D eigenvalue weighted by molar-refractivity contribution is 7.92. The molecule has 0 rings (SSSR count). The molecule has 0 radical (unpaired) electrons. The Labute approximate surface area is 104 Å². The molecule has 0 amide bonds. The van der Waals surface area contributed by atoms with Crippen molar-refractivity contribution in [3.8, 4) is 0 Å². The van der Waals surface area contributed by atoms with Crippen LogP contribution >= 0.6 is 0 Å². The van der Waals surface area contributed by atoms with Gasteiger partial charge in [0.25, 0.3) is 0 Å². The lowest BCUT2D eigenvalue weighted by Gasteiger charge is -2.25. The van der Waals surface area contributed by atoms with Crippen LogP contribution in [-0.2, 0) is 14.6 Å². The molecule has 0 aliphatic carbocycles.